The molecule has 7 heteroatoms. The Morgan fingerprint density at radius 2 is 2.06 bits per heavy atom. The molecule has 0 aliphatic carbocycles. The van der Waals surface area contributed by atoms with Crippen LogP contribution in [0.1, 0.15) is 12.0 Å². The average Bonchev–Trinajstić information content (AvgIpc) is 2.27. The second-order valence-electron chi connectivity index (χ2n) is 3.87. The Morgan fingerprint density at radius 3 is 2.71 bits per heavy atom. The summed E-state index contributed by atoms with van der Waals surface area (Å²) in [5, 5.41) is 0. The van der Waals surface area contributed by atoms with Crippen LogP contribution in [-0.2, 0) is 16.4 Å². The Morgan fingerprint density at radius 1 is 1.35 bits per heavy atom. The predicted molar refractivity (Wildman–Crippen MR) is 61.4 cm³/mol. The van der Waals surface area contributed by atoms with Gasteiger partial charge in [0.15, 0.2) is 0 Å². The minimum atomic E-state index is -4.57. The van der Waals surface area contributed by atoms with E-state index in [1.807, 2.05) is 0 Å². The number of alkyl halides is 2. The first-order chi connectivity index (χ1) is 7.93. The molecule has 0 atom stereocenters. The summed E-state index contributed by atoms with van der Waals surface area (Å²) in [6.07, 6.45) is 1.16. The summed E-state index contributed by atoms with van der Waals surface area (Å²) in [6, 6.07) is 4.62. The molecule has 0 fully saturated rings. The molecule has 4 nitrogen and oxygen atoms in total. The van der Waals surface area contributed by atoms with Gasteiger partial charge in [-0.05, 0) is 36.6 Å². The largest absolute Gasteiger partial charge is 0.399 e. The van der Waals surface area contributed by atoms with Crippen molar-refractivity contribution in [2.75, 3.05) is 16.6 Å². The van der Waals surface area contributed by atoms with Gasteiger partial charge in [-0.1, -0.05) is 0 Å². The number of hydrogen-bond acceptors (Lipinski definition) is 3. The molecule has 1 aromatic carbocycles. The van der Waals surface area contributed by atoms with E-state index in [2.05, 4.69) is 0 Å². The van der Waals surface area contributed by atoms with E-state index in [1.54, 1.807) is 6.07 Å². The lowest BCUT2D eigenvalue weighted by Gasteiger charge is -2.30. The minimum absolute atomic E-state index is 0.0869. The molecular weight excluding hydrogens is 250 g/mol. The molecule has 0 unspecified atom stereocenters. The third-order valence-corrected chi connectivity index (χ3v) is 4.16. The topological polar surface area (TPSA) is 63.4 Å². The van der Waals surface area contributed by atoms with Crippen molar-refractivity contribution in [3.8, 4) is 0 Å². The van der Waals surface area contributed by atoms with Gasteiger partial charge in [-0.25, -0.2) is 8.42 Å². The van der Waals surface area contributed by atoms with Crippen molar-refractivity contribution < 1.29 is 17.2 Å². The monoisotopic (exact) mass is 262 g/mol. The van der Waals surface area contributed by atoms with Crippen LogP contribution in [0.3, 0.4) is 0 Å². The lowest BCUT2D eigenvalue weighted by molar-refractivity contribution is 0.234. The number of nitrogen functional groups attached to an aromatic ring is 1. The number of benzene rings is 1. The molecule has 0 radical (unpaired) electrons. The van der Waals surface area contributed by atoms with Gasteiger partial charge in [0.1, 0.15) is 0 Å². The highest BCUT2D eigenvalue weighted by Gasteiger charge is 2.34. The lowest BCUT2D eigenvalue weighted by atomic mass is 10.0. The number of hydrogen-bond donors (Lipinski definition) is 1. The zero-order valence-corrected chi connectivity index (χ0v) is 9.75. The van der Waals surface area contributed by atoms with Crippen molar-refractivity contribution in [1.29, 1.82) is 0 Å². The molecule has 94 valence electrons. The zero-order chi connectivity index (χ0) is 12.6. The maximum atomic E-state index is 12.5. The summed E-state index contributed by atoms with van der Waals surface area (Å²) in [4.78, 5) is 0. The minimum Gasteiger partial charge on any atom is -0.399 e. The van der Waals surface area contributed by atoms with Crippen LogP contribution in [0.2, 0.25) is 0 Å². The molecule has 2 rings (SSSR count). The number of nitrogens with two attached hydrogens (primary N) is 1. The highest BCUT2D eigenvalue weighted by Crippen LogP contribution is 2.32. The maximum Gasteiger partial charge on any atom is 0.355 e. The first-order valence-corrected chi connectivity index (χ1v) is 6.61. The smallest absolute Gasteiger partial charge is 0.355 e. The van der Waals surface area contributed by atoms with E-state index in [4.69, 9.17) is 5.73 Å². The number of aryl methyl sites for hydroxylation is 1. The van der Waals surface area contributed by atoms with Crippen LogP contribution in [0.15, 0.2) is 18.2 Å². The standard InChI is InChI=1S/C10H12F2N2O2S/c11-10(12)17(15,16)14-5-1-2-7-6-8(13)3-4-9(7)14/h3-4,6,10H,1-2,5,13H2. The van der Waals surface area contributed by atoms with Crippen molar-refractivity contribution in [1.82, 2.24) is 0 Å². The van der Waals surface area contributed by atoms with E-state index >= 15 is 0 Å². The molecule has 0 spiro atoms. The van der Waals surface area contributed by atoms with Crippen LogP contribution in [0, 0.1) is 0 Å². The van der Waals surface area contributed by atoms with Gasteiger partial charge in [0, 0.05) is 12.2 Å². The predicted octanol–water partition coefficient (Wildman–Crippen LogP) is 1.57. The van der Waals surface area contributed by atoms with Crippen molar-refractivity contribution in [3.05, 3.63) is 23.8 Å². The quantitative estimate of drug-likeness (QED) is 0.823. The molecule has 0 aromatic heterocycles. The molecule has 1 aromatic rings. The van der Waals surface area contributed by atoms with Crippen LogP contribution in [0.5, 0.6) is 0 Å². The van der Waals surface area contributed by atoms with Crippen LogP contribution in [0.4, 0.5) is 20.2 Å². The van der Waals surface area contributed by atoms with Crippen LogP contribution >= 0.6 is 0 Å². The molecule has 0 saturated heterocycles. The first-order valence-electron chi connectivity index (χ1n) is 5.11. The van der Waals surface area contributed by atoms with Gasteiger partial charge in [0.25, 0.3) is 10.0 Å². The normalized spacial score (nSPS) is 16.1. The molecule has 0 bridgehead atoms. The fourth-order valence-electron chi connectivity index (χ4n) is 1.94. The fourth-order valence-corrected chi connectivity index (χ4v) is 2.97. The number of sulfonamides is 1. The maximum absolute atomic E-state index is 12.5. The van der Waals surface area contributed by atoms with Crippen LogP contribution in [-0.4, -0.2) is 20.7 Å². The van der Waals surface area contributed by atoms with E-state index in [-0.39, 0.29) is 6.54 Å². The lowest BCUT2D eigenvalue weighted by Crippen LogP contribution is -2.39. The number of anilines is 2. The Labute approximate surface area is 98.1 Å². The molecule has 2 N–H and O–H groups in total. The first kappa shape index (κ1) is 12.1. The molecule has 1 heterocycles. The van der Waals surface area contributed by atoms with E-state index < -0.39 is 15.8 Å². The molecular formula is C10H12F2N2O2S. The highest BCUT2D eigenvalue weighted by molar-refractivity contribution is 7.93. The third kappa shape index (κ3) is 2.06. The van der Waals surface area contributed by atoms with Crippen molar-refractivity contribution in [2.24, 2.45) is 0 Å². The number of rotatable bonds is 2. The Balaban J connectivity index is 2.49. The van der Waals surface area contributed by atoms with Gasteiger partial charge in [-0.2, -0.15) is 8.78 Å². The molecule has 0 amide bonds. The van der Waals surface area contributed by atoms with Gasteiger partial charge in [-0.15, -0.1) is 0 Å². The highest BCUT2D eigenvalue weighted by atomic mass is 32.2. The second kappa shape index (κ2) is 4.14. The van der Waals surface area contributed by atoms with Crippen LogP contribution in [0.25, 0.3) is 0 Å². The van der Waals surface area contributed by atoms with Gasteiger partial charge < -0.3 is 5.73 Å². The van der Waals surface area contributed by atoms with Crippen molar-refractivity contribution in [2.45, 2.75) is 18.6 Å². The van der Waals surface area contributed by atoms with Gasteiger partial charge >= 0.3 is 5.76 Å². The average molecular weight is 262 g/mol. The van der Waals surface area contributed by atoms with Gasteiger partial charge in [0.05, 0.1) is 5.69 Å². The summed E-state index contributed by atoms with van der Waals surface area (Å²) < 4.78 is 48.8. The second-order valence-corrected chi connectivity index (χ2v) is 5.70. The third-order valence-electron chi connectivity index (χ3n) is 2.71. The summed E-state index contributed by atoms with van der Waals surface area (Å²) in [7, 11) is -4.57. The fraction of sp³-hybridized carbons (Fsp3) is 0.400. The number of fused-ring (bicyclic) bond motifs is 1. The van der Waals surface area contributed by atoms with E-state index in [9.17, 15) is 17.2 Å². The van der Waals surface area contributed by atoms with E-state index in [0.717, 1.165) is 4.31 Å². The summed E-state index contributed by atoms with van der Waals surface area (Å²) >= 11 is 0. The number of halogens is 2. The molecule has 1 aliphatic heterocycles. The van der Waals surface area contributed by atoms with Crippen LogP contribution < -0.4 is 10.0 Å². The van der Waals surface area contributed by atoms with Gasteiger partial charge in [-0.3, -0.25) is 4.31 Å². The molecule has 1 aliphatic rings. The zero-order valence-electron chi connectivity index (χ0n) is 8.94. The van der Waals surface area contributed by atoms with Gasteiger partial charge in [0.2, 0.25) is 0 Å². The Bertz CT molecular complexity index is 531. The molecule has 17 heavy (non-hydrogen) atoms. The van der Waals surface area contributed by atoms with Crippen molar-refractivity contribution >= 4 is 21.4 Å². The number of nitrogens with zero attached hydrogens (tertiary/aromatic N) is 1. The van der Waals surface area contributed by atoms with E-state index in [0.29, 0.717) is 29.8 Å². The Hall–Kier alpha value is -1.37. The Kier molecular flexibility index (Phi) is 2.94. The summed E-state index contributed by atoms with van der Waals surface area (Å²) in [6.45, 7) is 0.0869. The SMILES string of the molecule is Nc1ccc2c(c1)CCCN2S(=O)(=O)C(F)F. The summed E-state index contributed by atoms with van der Waals surface area (Å²) in [5.74, 6) is -3.40. The molecule has 0 saturated carbocycles. The van der Waals surface area contributed by atoms with E-state index in [1.165, 1.54) is 12.1 Å². The van der Waals surface area contributed by atoms with Crippen molar-refractivity contribution in [3.63, 3.8) is 0 Å². The summed E-state index contributed by atoms with van der Waals surface area (Å²) in [5.41, 5.74) is 7.09.